The highest BCUT2D eigenvalue weighted by atomic mass is 16.5. The lowest BCUT2D eigenvalue weighted by Gasteiger charge is -2.22. The Labute approximate surface area is 106 Å². The van der Waals surface area contributed by atoms with Crippen molar-refractivity contribution in [3.05, 3.63) is 35.9 Å². The van der Waals surface area contributed by atoms with Crippen molar-refractivity contribution in [2.75, 3.05) is 13.2 Å². The summed E-state index contributed by atoms with van der Waals surface area (Å²) in [6, 6.07) is 8.86. The van der Waals surface area contributed by atoms with Crippen LogP contribution in [0.2, 0.25) is 0 Å². The molecule has 0 fully saturated rings. The van der Waals surface area contributed by atoms with Crippen LogP contribution in [0.25, 0.3) is 0 Å². The van der Waals surface area contributed by atoms with E-state index in [9.17, 15) is 9.90 Å². The number of aliphatic hydroxyl groups is 2. The fraction of sp³-hybridized carbons (Fsp3) is 0.462. The molecule has 0 unspecified atom stereocenters. The Morgan fingerprint density at radius 3 is 2.61 bits per heavy atom. The van der Waals surface area contributed by atoms with Crippen LogP contribution in [0.3, 0.4) is 0 Å². The predicted octanol–water partition coefficient (Wildman–Crippen LogP) is 0.697. The lowest BCUT2D eigenvalue weighted by Crippen LogP contribution is -2.46. The molecule has 0 heterocycles. The molecule has 0 aliphatic rings. The number of amides is 1. The molecule has 0 aliphatic carbocycles. The number of ether oxygens (including phenoxy) is 1. The molecule has 0 aliphatic heterocycles. The van der Waals surface area contributed by atoms with E-state index in [4.69, 9.17) is 9.84 Å². The molecule has 0 spiro atoms. The van der Waals surface area contributed by atoms with Crippen molar-refractivity contribution in [2.45, 2.75) is 25.5 Å². The van der Waals surface area contributed by atoms with Crippen LogP contribution in [0.1, 0.15) is 12.5 Å². The van der Waals surface area contributed by atoms with Crippen LogP contribution in [-0.4, -0.2) is 41.7 Å². The van der Waals surface area contributed by atoms with Gasteiger partial charge in [-0.3, -0.25) is 0 Å². The van der Waals surface area contributed by atoms with Gasteiger partial charge in [0.1, 0.15) is 0 Å². The maximum atomic E-state index is 11.3. The summed E-state index contributed by atoms with van der Waals surface area (Å²) in [6.45, 7) is 1.55. The summed E-state index contributed by atoms with van der Waals surface area (Å²) >= 11 is 0. The molecule has 1 aromatic rings. The number of hydrogen-bond acceptors (Lipinski definition) is 4. The van der Waals surface area contributed by atoms with Gasteiger partial charge in [-0.05, 0) is 18.9 Å². The van der Waals surface area contributed by atoms with Crippen LogP contribution < -0.4 is 5.32 Å². The highest BCUT2D eigenvalue weighted by Crippen LogP contribution is 2.06. The number of rotatable bonds is 6. The second-order valence-electron chi connectivity index (χ2n) is 3.91. The van der Waals surface area contributed by atoms with Gasteiger partial charge in [-0.2, -0.15) is 0 Å². The molecule has 5 heteroatoms. The van der Waals surface area contributed by atoms with E-state index in [-0.39, 0.29) is 6.61 Å². The van der Waals surface area contributed by atoms with Gasteiger partial charge in [0.05, 0.1) is 25.4 Å². The second-order valence-corrected chi connectivity index (χ2v) is 3.91. The zero-order chi connectivity index (χ0) is 13.4. The summed E-state index contributed by atoms with van der Waals surface area (Å²) in [5, 5.41) is 21.2. The van der Waals surface area contributed by atoms with Gasteiger partial charge in [0.25, 0.3) is 0 Å². The quantitative estimate of drug-likeness (QED) is 0.697. The third-order valence-electron chi connectivity index (χ3n) is 2.53. The normalized spacial score (nSPS) is 13.7. The number of benzene rings is 1. The van der Waals surface area contributed by atoms with E-state index in [0.717, 1.165) is 5.56 Å². The number of alkyl carbamates (subject to hydrolysis) is 1. The van der Waals surface area contributed by atoms with Crippen LogP contribution in [0.5, 0.6) is 0 Å². The van der Waals surface area contributed by atoms with Crippen molar-refractivity contribution in [1.29, 1.82) is 0 Å². The van der Waals surface area contributed by atoms with Gasteiger partial charge >= 0.3 is 6.09 Å². The molecule has 0 radical (unpaired) electrons. The third-order valence-corrected chi connectivity index (χ3v) is 2.53. The van der Waals surface area contributed by atoms with Gasteiger partial charge in [0.2, 0.25) is 0 Å². The Bertz CT molecular complexity index is 355. The molecule has 0 saturated heterocycles. The van der Waals surface area contributed by atoms with Crippen molar-refractivity contribution < 1.29 is 19.7 Å². The fourth-order valence-electron chi connectivity index (χ4n) is 1.60. The summed E-state index contributed by atoms with van der Waals surface area (Å²) < 4.78 is 4.76. The maximum absolute atomic E-state index is 11.3. The zero-order valence-corrected chi connectivity index (χ0v) is 10.4. The van der Waals surface area contributed by atoms with Gasteiger partial charge in [-0.1, -0.05) is 30.3 Å². The Hall–Kier alpha value is -1.59. The van der Waals surface area contributed by atoms with Crippen LogP contribution in [-0.2, 0) is 11.2 Å². The molecule has 0 bridgehead atoms. The van der Waals surface area contributed by atoms with Crippen LogP contribution in [0, 0.1) is 0 Å². The van der Waals surface area contributed by atoms with Gasteiger partial charge in [0.15, 0.2) is 0 Å². The Morgan fingerprint density at radius 1 is 1.39 bits per heavy atom. The number of nitrogens with one attached hydrogen (secondary N) is 1. The Kier molecular flexibility index (Phi) is 6.18. The van der Waals surface area contributed by atoms with Gasteiger partial charge in [-0.25, -0.2) is 4.79 Å². The SMILES string of the molecule is CCOC(=O)N[C@H](Cc1ccccc1)[C@@H](O)CO. The second kappa shape index (κ2) is 7.68. The Balaban J connectivity index is 2.64. The van der Waals surface area contributed by atoms with Gasteiger partial charge < -0.3 is 20.3 Å². The first-order valence-corrected chi connectivity index (χ1v) is 5.93. The minimum atomic E-state index is -1.02. The maximum Gasteiger partial charge on any atom is 0.407 e. The molecule has 0 aromatic heterocycles. The molecule has 3 N–H and O–H groups in total. The molecule has 2 atom stereocenters. The summed E-state index contributed by atoms with van der Waals surface area (Å²) in [7, 11) is 0. The van der Waals surface area contributed by atoms with E-state index in [1.54, 1.807) is 6.92 Å². The summed E-state index contributed by atoms with van der Waals surface area (Å²) in [4.78, 5) is 11.3. The first-order valence-electron chi connectivity index (χ1n) is 5.93. The van der Waals surface area contributed by atoms with Crippen LogP contribution >= 0.6 is 0 Å². The standard InChI is InChI=1S/C13H19NO4/c1-2-18-13(17)14-11(12(16)9-15)8-10-6-4-3-5-7-10/h3-7,11-12,15-16H,2,8-9H2,1H3,(H,14,17)/t11-,12+/m1/s1. The average Bonchev–Trinajstić information content (AvgIpc) is 2.38. The smallest absolute Gasteiger partial charge is 0.407 e. The Morgan fingerprint density at radius 2 is 2.06 bits per heavy atom. The van der Waals surface area contributed by atoms with Crippen LogP contribution in [0.15, 0.2) is 30.3 Å². The van der Waals surface area contributed by atoms with Crippen molar-refractivity contribution >= 4 is 6.09 Å². The van der Waals surface area contributed by atoms with E-state index in [1.807, 2.05) is 30.3 Å². The van der Waals surface area contributed by atoms with E-state index >= 15 is 0 Å². The first kappa shape index (κ1) is 14.5. The van der Waals surface area contributed by atoms with Crippen LogP contribution in [0.4, 0.5) is 4.79 Å². The van der Waals surface area contributed by atoms with Gasteiger partial charge in [0, 0.05) is 0 Å². The fourth-order valence-corrected chi connectivity index (χ4v) is 1.60. The predicted molar refractivity (Wildman–Crippen MR) is 67.2 cm³/mol. The lowest BCUT2D eigenvalue weighted by molar-refractivity contribution is 0.0589. The largest absolute Gasteiger partial charge is 0.450 e. The van der Waals surface area contributed by atoms with E-state index in [1.165, 1.54) is 0 Å². The topological polar surface area (TPSA) is 78.8 Å². The molecule has 100 valence electrons. The number of hydrogen-bond donors (Lipinski definition) is 3. The summed E-state index contributed by atoms with van der Waals surface area (Å²) in [6.07, 6.45) is -1.18. The van der Waals surface area contributed by atoms with Crippen molar-refractivity contribution in [3.63, 3.8) is 0 Å². The monoisotopic (exact) mass is 253 g/mol. The highest BCUT2D eigenvalue weighted by molar-refractivity contribution is 5.67. The van der Waals surface area contributed by atoms with Crippen molar-refractivity contribution in [2.24, 2.45) is 0 Å². The van der Waals surface area contributed by atoms with Crippen molar-refractivity contribution in [1.82, 2.24) is 5.32 Å². The minimum Gasteiger partial charge on any atom is -0.450 e. The number of carbonyl (C=O) groups excluding carboxylic acids is 1. The summed E-state index contributed by atoms with van der Waals surface area (Å²) in [5.41, 5.74) is 0.965. The van der Waals surface area contributed by atoms with E-state index in [0.29, 0.717) is 6.42 Å². The first-order chi connectivity index (χ1) is 8.67. The molecule has 1 amide bonds. The molecular weight excluding hydrogens is 234 g/mol. The zero-order valence-electron chi connectivity index (χ0n) is 10.4. The molecule has 18 heavy (non-hydrogen) atoms. The molecule has 1 aromatic carbocycles. The minimum absolute atomic E-state index is 0.263. The average molecular weight is 253 g/mol. The van der Waals surface area contributed by atoms with E-state index in [2.05, 4.69) is 5.32 Å². The molecule has 5 nitrogen and oxygen atoms in total. The van der Waals surface area contributed by atoms with Crippen molar-refractivity contribution in [3.8, 4) is 0 Å². The highest BCUT2D eigenvalue weighted by Gasteiger charge is 2.21. The molecular formula is C13H19NO4. The van der Waals surface area contributed by atoms with E-state index < -0.39 is 24.8 Å². The van der Waals surface area contributed by atoms with Gasteiger partial charge in [-0.15, -0.1) is 0 Å². The summed E-state index contributed by atoms with van der Waals surface area (Å²) in [5.74, 6) is 0. The lowest BCUT2D eigenvalue weighted by atomic mass is 10.0. The molecule has 0 saturated carbocycles. The molecule has 1 rings (SSSR count). The number of carbonyl (C=O) groups is 1. The number of aliphatic hydroxyl groups excluding tert-OH is 2. The third kappa shape index (κ3) is 4.73.